The van der Waals surface area contributed by atoms with Gasteiger partial charge < -0.3 is 15.6 Å². The fraction of sp³-hybridized carbons (Fsp3) is 0.592. The Bertz CT molecular complexity index is 3800. The van der Waals surface area contributed by atoms with Gasteiger partial charge in [-0.05, 0) is 254 Å². The van der Waals surface area contributed by atoms with Crippen molar-refractivity contribution in [3.05, 3.63) is 119 Å². The number of hydrogen-bond acceptors (Lipinski definition) is 19. The van der Waals surface area contributed by atoms with E-state index < -0.39 is 16.1 Å². The highest BCUT2D eigenvalue weighted by atomic mass is 28.3. The van der Waals surface area contributed by atoms with Crippen molar-refractivity contribution in [3.8, 4) is 0 Å². The molecule has 0 fully saturated rings. The third-order valence-corrected chi connectivity index (χ3v) is 21.0. The summed E-state index contributed by atoms with van der Waals surface area (Å²) in [6.45, 7) is 71.7. The molecule has 0 aliphatic rings. The summed E-state index contributed by atoms with van der Waals surface area (Å²) in [5, 5.41) is 13.8. The van der Waals surface area contributed by atoms with E-state index in [9.17, 15) is 0 Å². The summed E-state index contributed by atoms with van der Waals surface area (Å²) in [5.74, 6) is 0.725. The quantitative estimate of drug-likeness (QED) is 0.0189. The molecule has 0 radical (unpaired) electrons. The Morgan fingerprint density at radius 1 is 0.274 bits per heavy atom. The summed E-state index contributed by atoms with van der Waals surface area (Å²) in [5.41, 5.74) is 27.4. The second-order valence-electron chi connectivity index (χ2n) is 34.5. The number of ether oxygens (including phenoxy) is 1. The molecule has 694 valence electrons. The highest BCUT2D eigenvalue weighted by molar-refractivity contribution is 6.76. The van der Waals surface area contributed by atoms with Crippen LogP contribution in [0.15, 0.2) is 177 Å². The van der Waals surface area contributed by atoms with Crippen molar-refractivity contribution in [3.63, 3.8) is 0 Å². The molecule has 0 saturated carbocycles. The maximum atomic E-state index is 6.88. The first-order valence-corrected chi connectivity index (χ1v) is 52.3. The molecule has 0 atom stereocenters. The molecule has 0 amide bonds. The molecular weight excluding hydrogens is 1560 g/mol. The normalized spacial score (nSPS) is 13.2. The molecular formula is C103H178N18OSi2. The first-order chi connectivity index (χ1) is 58.2. The lowest BCUT2D eigenvalue weighted by Gasteiger charge is -2.14. The van der Waals surface area contributed by atoms with Crippen molar-refractivity contribution in [1.29, 1.82) is 10.8 Å². The van der Waals surface area contributed by atoms with Crippen molar-refractivity contribution in [2.24, 2.45) is 79.9 Å². The van der Waals surface area contributed by atoms with Gasteiger partial charge in [0, 0.05) is 246 Å². The van der Waals surface area contributed by atoms with Crippen LogP contribution in [0.4, 0.5) is 22.7 Å². The fourth-order valence-electron chi connectivity index (χ4n) is 10.9. The van der Waals surface area contributed by atoms with Crippen molar-refractivity contribution >= 4 is 142 Å². The molecule has 21 heteroatoms. The summed E-state index contributed by atoms with van der Waals surface area (Å²) < 4.78 is 4.94. The summed E-state index contributed by atoms with van der Waals surface area (Å²) >= 11 is 0. The van der Waals surface area contributed by atoms with E-state index in [-0.39, 0.29) is 0 Å². The Morgan fingerprint density at radius 2 is 0.508 bits per heavy atom. The van der Waals surface area contributed by atoms with E-state index in [1.807, 2.05) is 109 Å². The number of rotatable bonds is 38. The van der Waals surface area contributed by atoms with Crippen LogP contribution < -0.4 is 0 Å². The highest BCUT2D eigenvalue weighted by Gasteiger charge is 2.13. The Morgan fingerprint density at radius 3 is 0.726 bits per heavy atom. The van der Waals surface area contributed by atoms with Crippen molar-refractivity contribution in [2.75, 3.05) is 88.7 Å². The van der Waals surface area contributed by atoms with Crippen molar-refractivity contribution in [2.45, 2.75) is 321 Å². The van der Waals surface area contributed by atoms with E-state index >= 15 is 0 Å². The number of methoxy groups -OCH3 is 1. The van der Waals surface area contributed by atoms with Gasteiger partial charge >= 0.3 is 0 Å². The van der Waals surface area contributed by atoms with E-state index in [0.29, 0.717) is 24.3 Å². The lowest BCUT2D eigenvalue weighted by atomic mass is 10.1. The number of hydrogen-bond donors (Lipinski definition) is 2. The van der Waals surface area contributed by atoms with Gasteiger partial charge in [-0.2, -0.15) is 0 Å². The maximum absolute atomic E-state index is 6.88. The Kier molecular flexibility index (Phi) is 77.5. The van der Waals surface area contributed by atoms with Crippen LogP contribution in [0.25, 0.3) is 0 Å². The Labute approximate surface area is 761 Å². The second-order valence-corrected chi connectivity index (χ2v) is 45.8. The standard InChI is InChI=1S/C21H26N2.C17H18N2.C15H34N2Si2.C13H26N2.C11H22N2.C7H14N2O.2C7H14N2.C5H10N2/c1-14-7-15(2)10-20(9-14)22-18(5)13-19(6)23-21-11-16(3)8-17(4)12-21;1-14(18-16-9-5-3-6-10-16)13-15(2)19-17-11-7-4-8-12-17;1-14(16-9-11-18(3,4)5)13-15(2)17-10-12-19(6,7)8;1-5-7-9-14-12(3)11-13(4)15-10-8-6-2;1-5-7-12-10(3)9-11(4)13-8-6-2;1-6(8-2)5-7(9-3)10-4;2*1-6(8-3)5-7(2)9-4;1-4(6)3-5(2)7/h7-12H,13H2,1-6H3;3-12H,13H2,1-2H3;9-13H2,1-8H3;5-11H2,1-4H3;5-9H2,1-4H3;5H2,1-4H3;2*5H2,1-4H3;6-7H,3H2,1-2H3. The number of aliphatic imine (C=N–C) groups is 16. The minimum Gasteiger partial charge on any atom is -0.484 e. The smallest absolute Gasteiger partial charge is 0.188 e. The van der Waals surface area contributed by atoms with Gasteiger partial charge in [-0.25, -0.2) is 0 Å². The highest BCUT2D eigenvalue weighted by Crippen LogP contribution is 2.21. The molecule has 0 unspecified atom stereocenters. The van der Waals surface area contributed by atoms with E-state index in [1.165, 1.54) is 94.3 Å². The monoisotopic (exact) mass is 1740 g/mol. The van der Waals surface area contributed by atoms with Gasteiger partial charge in [0.15, 0.2) is 5.90 Å². The molecule has 19 nitrogen and oxygen atoms in total. The zero-order valence-corrected chi connectivity index (χ0v) is 88.1. The average Bonchev–Trinajstić information content (AvgIpc) is 0.881. The first kappa shape index (κ1) is 124. The maximum Gasteiger partial charge on any atom is 0.188 e. The number of nitrogens with one attached hydrogen (secondary N) is 2. The zero-order valence-electron chi connectivity index (χ0n) is 86.1. The zero-order chi connectivity index (χ0) is 95.6. The predicted octanol–water partition coefficient (Wildman–Crippen LogP) is 28.9. The number of nitrogens with zero attached hydrogens (tertiary/aromatic N) is 16. The molecule has 0 saturated heterocycles. The molecule has 0 heterocycles. The van der Waals surface area contributed by atoms with Crippen LogP contribution in [-0.4, -0.2) is 208 Å². The molecule has 4 aromatic rings. The second kappa shape index (κ2) is 77.7. The molecule has 4 rings (SSSR count). The third kappa shape index (κ3) is 85.3. The van der Waals surface area contributed by atoms with Crippen LogP contribution in [0.3, 0.4) is 0 Å². The van der Waals surface area contributed by atoms with Crippen LogP contribution in [0.5, 0.6) is 0 Å². The predicted molar refractivity (Wildman–Crippen MR) is 574 cm³/mol. The number of para-hydroxylation sites is 2. The van der Waals surface area contributed by atoms with Crippen LogP contribution >= 0.6 is 0 Å². The molecule has 124 heavy (non-hydrogen) atoms. The van der Waals surface area contributed by atoms with Gasteiger partial charge in [0.2, 0.25) is 0 Å². The van der Waals surface area contributed by atoms with E-state index in [2.05, 4.69) is 256 Å². The van der Waals surface area contributed by atoms with Crippen LogP contribution in [0.2, 0.25) is 51.4 Å². The third-order valence-electron chi connectivity index (χ3n) is 17.6. The van der Waals surface area contributed by atoms with Crippen LogP contribution in [0.1, 0.15) is 264 Å². The molecule has 0 aliphatic carbocycles. The van der Waals surface area contributed by atoms with Crippen molar-refractivity contribution < 1.29 is 4.74 Å². The molecule has 0 bridgehead atoms. The van der Waals surface area contributed by atoms with Gasteiger partial charge in [-0.15, -0.1) is 0 Å². The van der Waals surface area contributed by atoms with Gasteiger partial charge in [0.25, 0.3) is 0 Å². The summed E-state index contributed by atoms with van der Waals surface area (Å²) in [6, 6.07) is 35.4. The SMILES string of the molecule is CC(=N)CC(C)=N.CC(CC(C)=NCC[Si](C)(C)C)=NCC[Si](C)(C)C.CC(CC(C)=Nc1cc(C)cc(C)c1)=Nc1cc(C)cc(C)c1.CC(CC(C)=Nc1ccccc1)=Nc1ccccc1.CCCCN=C(C)CC(C)=NCCCC.CCCN=C(C)CC(C)=NCCC.CN=C(C)CC(=NC)OC.CN=C(C)CC(C)=NC.CN=C(C)CC(C)=NC. The van der Waals surface area contributed by atoms with Crippen LogP contribution in [-0.2, 0) is 4.74 Å². The Hall–Kier alpha value is -8.83. The van der Waals surface area contributed by atoms with Gasteiger partial charge in [0.1, 0.15) is 0 Å². The lowest BCUT2D eigenvalue weighted by Crippen LogP contribution is -2.21. The van der Waals surface area contributed by atoms with Crippen molar-refractivity contribution in [1.82, 2.24) is 0 Å². The number of unbranched alkanes of at least 4 members (excludes halogenated alkanes) is 2. The first-order valence-electron chi connectivity index (χ1n) is 44.9. The minimum atomic E-state index is -0.939. The van der Waals surface area contributed by atoms with Gasteiger partial charge in [0.05, 0.1) is 36.3 Å². The summed E-state index contributed by atoms with van der Waals surface area (Å²) in [4.78, 5) is 69.8. The average molecular weight is 1740 g/mol. The molecule has 0 spiro atoms. The lowest BCUT2D eigenvalue weighted by molar-refractivity contribution is 0.395. The van der Waals surface area contributed by atoms with Gasteiger partial charge in [-0.3, -0.25) is 79.9 Å². The topological polar surface area (TPSA) is 255 Å². The van der Waals surface area contributed by atoms with E-state index in [4.69, 9.17) is 25.5 Å². The fourth-order valence-corrected chi connectivity index (χ4v) is 12.4. The minimum absolute atomic E-state index is 0.528. The van der Waals surface area contributed by atoms with E-state index in [0.717, 1.165) is 177 Å². The molecule has 0 aliphatic heterocycles. The summed E-state index contributed by atoms with van der Waals surface area (Å²) in [6.07, 6.45) is 14.6. The van der Waals surface area contributed by atoms with E-state index in [1.54, 1.807) is 63.2 Å². The number of aryl methyl sites for hydroxylation is 4. The Balaban J connectivity index is -0.000000438. The largest absolute Gasteiger partial charge is 0.484 e. The number of benzene rings is 4. The molecule has 2 N–H and O–H groups in total. The molecule has 4 aromatic carbocycles. The molecule has 0 aromatic heterocycles. The van der Waals surface area contributed by atoms with Crippen LogP contribution in [0, 0.1) is 38.5 Å². The summed E-state index contributed by atoms with van der Waals surface area (Å²) in [7, 11) is 10.4. The van der Waals surface area contributed by atoms with Gasteiger partial charge in [-0.1, -0.05) is 128 Å².